The van der Waals surface area contributed by atoms with Gasteiger partial charge in [-0.3, -0.25) is 19.4 Å². The number of hydrogen-bond donors (Lipinski definition) is 10. The number of unbranched alkanes of at least 4 members (excludes halogenated alkanes) is 1. The monoisotopic (exact) mass is 552 g/mol. The minimum atomic E-state index is -1.59. The number of hydrogen-bond acceptors (Lipinski definition) is 9. The van der Waals surface area contributed by atoms with Crippen LogP contribution in [-0.4, -0.2) is 88.8 Å². The number of aliphatic carboxylic acids is 1. The summed E-state index contributed by atoms with van der Waals surface area (Å²) in [5.41, 5.74) is 22.6. The predicted octanol–water partition coefficient (Wildman–Crippen LogP) is -3.02. The second kappa shape index (κ2) is 17.5. The Balaban J connectivity index is 3.04. The Morgan fingerprint density at radius 2 is 1.44 bits per heavy atom. The van der Waals surface area contributed by atoms with E-state index in [1.54, 1.807) is 0 Å². The normalized spacial score (nSPS) is 13.8. The fourth-order valence-corrected chi connectivity index (χ4v) is 3.50. The Bertz CT molecular complexity index is 970. The third kappa shape index (κ3) is 12.9. The second-order valence-electron chi connectivity index (χ2n) is 8.91. The molecule has 0 fully saturated rings. The molecule has 1 aromatic rings. The number of nitrogens with zero attached hydrogens (tertiary/aromatic N) is 1. The van der Waals surface area contributed by atoms with Crippen LogP contribution in [0.1, 0.15) is 37.7 Å². The Hall–Kier alpha value is -3.95. The number of aliphatic imine (C=N–C) groups is 1. The number of carboxylic acids is 1. The average molecular weight is 553 g/mol. The minimum Gasteiger partial charge on any atom is -0.508 e. The molecular weight excluding hydrogens is 512 g/mol. The Morgan fingerprint density at radius 3 is 2.00 bits per heavy atom. The van der Waals surface area contributed by atoms with Crippen LogP contribution in [-0.2, 0) is 25.6 Å². The maximum Gasteiger partial charge on any atom is 0.328 e. The summed E-state index contributed by atoms with van der Waals surface area (Å²) in [6, 6.07) is 0.993. The van der Waals surface area contributed by atoms with E-state index in [0.717, 1.165) is 0 Å². The molecule has 15 nitrogen and oxygen atoms in total. The van der Waals surface area contributed by atoms with Crippen molar-refractivity contribution in [2.75, 3.05) is 19.7 Å². The van der Waals surface area contributed by atoms with E-state index in [4.69, 9.17) is 22.9 Å². The van der Waals surface area contributed by atoms with Crippen LogP contribution in [0.3, 0.4) is 0 Å². The first-order valence-electron chi connectivity index (χ1n) is 12.5. The predicted molar refractivity (Wildman–Crippen MR) is 143 cm³/mol. The van der Waals surface area contributed by atoms with Crippen molar-refractivity contribution in [3.63, 3.8) is 0 Å². The number of nitrogens with one attached hydrogen (secondary N) is 3. The van der Waals surface area contributed by atoms with Crippen LogP contribution in [0.25, 0.3) is 0 Å². The number of nitrogens with two attached hydrogens (primary N) is 4. The number of phenolic OH excluding ortho intramolecular Hbond substituents is 1. The Morgan fingerprint density at radius 1 is 0.846 bits per heavy atom. The van der Waals surface area contributed by atoms with Crippen LogP contribution in [0.2, 0.25) is 0 Å². The first kappa shape index (κ1) is 33.1. The molecule has 0 heterocycles. The van der Waals surface area contributed by atoms with Crippen molar-refractivity contribution in [1.82, 2.24) is 16.0 Å². The third-order valence-corrected chi connectivity index (χ3v) is 5.69. The molecule has 3 amide bonds. The van der Waals surface area contributed by atoms with E-state index < -0.39 is 54.5 Å². The maximum absolute atomic E-state index is 13.3. The fourth-order valence-electron chi connectivity index (χ4n) is 3.50. The van der Waals surface area contributed by atoms with Crippen LogP contribution in [0, 0.1) is 0 Å². The smallest absolute Gasteiger partial charge is 0.328 e. The molecule has 0 saturated heterocycles. The number of phenols is 1. The van der Waals surface area contributed by atoms with Crippen LogP contribution < -0.4 is 38.9 Å². The Kier molecular flexibility index (Phi) is 14.9. The van der Waals surface area contributed by atoms with Gasteiger partial charge in [0, 0.05) is 13.0 Å². The van der Waals surface area contributed by atoms with E-state index in [2.05, 4.69) is 20.9 Å². The van der Waals surface area contributed by atoms with Gasteiger partial charge in [0.05, 0.1) is 12.6 Å². The lowest BCUT2D eigenvalue weighted by Gasteiger charge is -2.25. The van der Waals surface area contributed by atoms with Gasteiger partial charge in [0.1, 0.15) is 23.9 Å². The van der Waals surface area contributed by atoms with Gasteiger partial charge in [-0.05, 0) is 56.3 Å². The van der Waals surface area contributed by atoms with Crippen molar-refractivity contribution in [2.24, 2.45) is 27.9 Å². The molecule has 0 radical (unpaired) electrons. The fraction of sp³-hybridized carbons (Fsp3) is 0.542. The molecule has 14 N–H and O–H groups in total. The molecule has 4 atom stereocenters. The third-order valence-electron chi connectivity index (χ3n) is 5.69. The van der Waals surface area contributed by atoms with Gasteiger partial charge in [0.25, 0.3) is 0 Å². The number of aromatic hydroxyl groups is 1. The highest BCUT2D eigenvalue weighted by molar-refractivity contribution is 5.94. The summed E-state index contributed by atoms with van der Waals surface area (Å²) in [5, 5.41) is 35.4. The van der Waals surface area contributed by atoms with Crippen molar-refractivity contribution in [3.05, 3.63) is 29.8 Å². The summed E-state index contributed by atoms with van der Waals surface area (Å²) < 4.78 is 0. The van der Waals surface area contributed by atoms with Crippen molar-refractivity contribution in [3.8, 4) is 5.75 Å². The molecule has 4 unspecified atom stereocenters. The van der Waals surface area contributed by atoms with Crippen molar-refractivity contribution in [2.45, 2.75) is 62.7 Å². The molecule has 218 valence electrons. The van der Waals surface area contributed by atoms with Crippen molar-refractivity contribution >= 4 is 29.7 Å². The highest BCUT2D eigenvalue weighted by Gasteiger charge is 2.30. The molecule has 15 heteroatoms. The number of rotatable bonds is 18. The van der Waals surface area contributed by atoms with Gasteiger partial charge < -0.3 is 54.2 Å². The molecule has 0 aliphatic rings. The second-order valence-corrected chi connectivity index (χ2v) is 8.91. The van der Waals surface area contributed by atoms with Crippen LogP contribution in [0.4, 0.5) is 0 Å². The number of amides is 3. The zero-order chi connectivity index (χ0) is 29.4. The SMILES string of the molecule is NCCCCC(NC(=O)C(N)CCCN=C(N)N)C(=O)NC(Cc1ccc(O)cc1)C(=O)NC(CO)C(=O)O. The zero-order valence-corrected chi connectivity index (χ0v) is 21.7. The maximum atomic E-state index is 13.3. The largest absolute Gasteiger partial charge is 0.508 e. The van der Waals surface area contributed by atoms with Crippen molar-refractivity contribution in [1.29, 1.82) is 0 Å². The first-order valence-corrected chi connectivity index (χ1v) is 12.5. The molecule has 0 spiro atoms. The molecule has 0 aromatic heterocycles. The molecule has 0 aliphatic heterocycles. The van der Waals surface area contributed by atoms with Gasteiger partial charge in [0.15, 0.2) is 5.96 Å². The van der Waals surface area contributed by atoms with Gasteiger partial charge in [-0.1, -0.05) is 12.1 Å². The average Bonchev–Trinajstić information content (AvgIpc) is 2.89. The van der Waals surface area contributed by atoms with E-state index in [1.807, 2.05) is 0 Å². The van der Waals surface area contributed by atoms with E-state index in [0.29, 0.717) is 31.4 Å². The van der Waals surface area contributed by atoms with Gasteiger partial charge in [-0.25, -0.2) is 4.79 Å². The summed E-state index contributed by atoms with van der Waals surface area (Å²) >= 11 is 0. The molecule has 0 bridgehead atoms. The van der Waals surface area contributed by atoms with Gasteiger partial charge in [0.2, 0.25) is 17.7 Å². The lowest BCUT2D eigenvalue weighted by molar-refractivity contribution is -0.143. The Labute approximate surface area is 226 Å². The van der Waals surface area contributed by atoms with E-state index in [-0.39, 0.29) is 37.5 Å². The van der Waals surface area contributed by atoms with Crippen LogP contribution in [0.15, 0.2) is 29.3 Å². The molecule has 0 saturated carbocycles. The number of benzene rings is 1. The zero-order valence-electron chi connectivity index (χ0n) is 21.7. The number of carbonyl (C=O) groups excluding carboxylic acids is 3. The van der Waals surface area contributed by atoms with Crippen molar-refractivity contribution < 1.29 is 34.5 Å². The summed E-state index contributed by atoms with van der Waals surface area (Å²) in [5.74, 6) is -3.68. The molecular formula is C24H40N8O7. The topological polar surface area (TPSA) is 282 Å². The van der Waals surface area contributed by atoms with Gasteiger partial charge in [-0.2, -0.15) is 0 Å². The molecule has 1 rings (SSSR count). The minimum absolute atomic E-state index is 0.00711. The quantitative estimate of drug-likeness (QED) is 0.0496. The lowest BCUT2D eigenvalue weighted by Crippen LogP contribution is -2.58. The highest BCUT2D eigenvalue weighted by atomic mass is 16.4. The number of guanidine groups is 1. The number of aliphatic hydroxyl groups is 1. The number of carbonyl (C=O) groups is 4. The first-order chi connectivity index (χ1) is 18.5. The summed E-state index contributed by atoms with van der Waals surface area (Å²) in [6.45, 7) is -0.209. The van der Waals surface area contributed by atoms with E-state index in [1.165, 1.54) is 24.3 Å². The molecule has 1 aromatic carbocycles. The highest BCUT2D eigenvalue weighted by Crippen LogP contribution is 2.12. The molecule has 39 heavy (non-hydrogen) atoms. The number of aliphatic hydroxyl groups excluding tert-OH is 1. The standard InChI is InChI=1S/C24H40N8O7/c25-10-2-1-5-17(30-20(35)16(26)4-3-11-29-24(27)28)21(36)31-18(12-14-6-8-15(34)9-7-14)22(37)32-19(13-33)23(38)39/h6-9,16-19,33-34H,1-5,10-13,25-26H2,(H,30,35)(H,31,36)(H,32,37)(H,38,39)(H4,27,28,29). The molecule has 0 aliphatic carbocycles. The van der Waals surface area contributed by atoms with Gasteiger partial charge in [-0.15, -0.1) is 0 Å². The lowest BCUT2D eigenvalue weighted by atomic mass is 10.0. The van der Waals surface area contributed by atoms with Crippen LogP contribution in [0.5, 0.6) is 5.75 Å². The summed E-state index contributed by atoms with van der Waals surface area (Å²) in [7, 11) is 0. The van der Waals surface area contributed by atoms with Gasteiger partial charge >= 0.3 is 5.97 Å². The van der Waals surface area contributed by atoms with E-state index in [9.17, 15) is 34.5 Å². The number of carboxylic acid groups (broad SMARTS) is 1. The summed E-state index contributed by atoms with van der Waals surface area (Å²) in [4.78, 5) is 54.0. The van der Waals surface area contributed by atoms with Crippen LogP contribution >= 0.6 is 0 Å². The summed E-state index contributed by atoms with van der Waals surface area (Å²) in [6.07, 6.45) is 1.90. The van der Waals surface area contributed by atoms with E-state index >= 15 is 0 Å².